The Morgan fingerprint density at radius 1 is 0.879 bits per heavy atom. The fourth-order valence-electron chi connectivity index (χ4n) is 6.38. The van der Waals surface area contributed by atoms with Crippen molar-refractivity contribution in [2.45, 2.75) is 42.9 Å². The second-order valence-electron chi connectivity index (χ2n) is 9.35. The van der Waals surface area contributed by atoms with Gasteiger partial charge in [0.1, 0.15) is 15.9 Å². The molecule has 10 heteroatoms. The third-order valence-corrected chi connectivity index (χ3v) is 15.5. The highest BCUT2D eigenvalue weighted by Crippen LogP contribution is 2.60. The number of halogens is 4. The molecule has 0 atom stereocenters. The third kappa shape index (κ3) is 4.87. The summed E-state index contributed by atoms with van der Waals surface area (Å²) in [6.45, 7) is 0. The predicted octanol–water partition coefficient (Wildman–Crippen LogP) is 6.77. The van der Waals surface area contributed by atoms with Gasteiger partial charge in [0.25, 0.3) is 0 Å². The topological polar surface area (TPSA) is 83.5 Å². The molecule has 4 aliphatic rings. The molecule has 0 unspecified atom stereocenters. The number of rotatable bonds is 4. The number of carbonyl (C=O) groups is 1. The smallest absolute Gasteiger partial charge is 0.343 e. The van der Waals surface area contributed by atoms with Gasteiger partial charge in [0.15, 0.2) is 0 Å². The fraction of sp³-hybridized carbons (Fsp3) is 0.435. The number of esters is 1. The largest absolute Gasteiger partial charge is 0.744 e. The van der Waals surface area contributed by atoms with Crippen LogP contribution in [0.3, 0.4) is 0 Å². The molecule has 4 bridgehead atoms. The minimum Gasteiger partial charge on any atom is -0.744 e. The molecular formula is C23H19I4O5S-. The average molecular weight is 915 g/mol. The van der Waals surface area contributed by atoms with Gasteiger partial charge in [-0.1, -0.05) is 0 Å². The van der Waals surface area contributed by atoms with E-state index in [0.29, 0.717) is 23.1 Å². The number of hydrogen-bond donors (Lipinski definition) is 0. The van der Waals surface area contributed by atoms with Gasteiger partial charge in [-0.05, 0) is 182 Å². The van der Waals surface area contributed by atoms with Crippen molar-refractivity contribution in [1.82, 2.24) is 0 Å². The van der Waals surface area contributed by atoms with Crippen molar-refractivity contribution in [2.24, 2.45) is 23.7 Å². The van der Waals surface area contributed by atoms with Crippen LogP contribution in [0.2, 0.25) is 0 Å². The summed E-state index contributed by atoms with van der Waals surface area (Å²) in [5.41, 5.74) is 0.806. The zero-order valence-corrected chi connectivity index (χ0v) is 26.6. The lowest BCUT2D eigenvalue weighted by molar-refractivity contribution is -0.00373. The predicted molar refractivity (Wildman–Crippen MR) is 156 cm³/mol. The van der Waals surface area contributed by atoms with Gasteiger partial charge in [0, 0.05) is 10.7 Å². The van der Waals surface area contributed by atoms with Crippen LogP contribution in [0.25, 0.3) is 0 Å². The maximum absolute atomic E-state index is 13.1. The molecule has 0 spiro atoms. The molecule has 0 N–H and O–H groups in total. The average Bonchev–Trinajstić information content (AvgIpc) is 2.74. The van der Waals surface area contributed by atoms with Crippen LogP contribution in [0.15, 0.2) is 29.2 Å². The number of hydrogen-bond acceptors (Lipinski definition) is 5. The second-order valence-corrected chi connectivity index (χ2v) is 15.1. The first-order valence-electron chi connectivity index (χ1n) is 10.7. The minimum atomic E-state index is -4.65. The van der Waals surface area contributed by atoms with Crippen LogP contribution in [0.5, 0.6) is 5.75 Å². The quantitative estimate of drug-likeness (QED) is 0.0846. The van der Waals surface area contributed by atoms with Gasteiger partial charge in [-0.15, -0.1) is 0 Å². The van der Waals surface area contributed by atoms with Gasteiger partial charge in [-0.2, -0.15) is 0 Å². The molecule has 0 amide bonds. The molecule has 0 heterocycles. The number of benzene rings is 2. The molecule has 6 rings (SSSR count). The van der Waals surface area contributed by atoms with Gasteiger partial charge in [-0.25, -0.2) is 13.2 Å². The minimum absolute atomic E-state index is 0.0182. The molecule has 0 radical (unpaired) electrons. The van der Waals surface area contributed by atoms with Crippen LogP contribution in [0.1, 0.15) is 53.9 Å². The molecule has 2 aromatic carbocycles. The van der Waals surface area contributed by atoms with E-state index < -0.39 is 16.1 Å². The Balaban J connectivity index is 1.52. The standard InChI is InChI=1S/C23H20I4O5S/c24-16-9-17(21(26)22(27)20(16)25)32-23(28)12-1-2-18(33(29,30)31)15(8-12)19-13-4-10-3-11(6-13)7-14(19)5-10/h1-2,8-11,13-14,19H,3-7H2,(H,29,30,31)/p-1. The molecule has 0 saturated heterocycles. The fourth-order valence-corrected chi connectivity index (χ4v) is 10.2. The number of ether oxygens (including phenoxy) is 1. The summed E-state index contributed by atoms with van der Waals surface area (Å²) in [6, 6.07) is 6.17. The van der Waals surface area contributed by atoms with Crippen LogP contribution >= 0.6 is 90.4 Å². The lowest BCUT2D eigenvalue weighted by atomic mass is 9.50. The molecule has 5 nitrogen and oxygen atoms in total. The van der Waals surface area contributed by atoms with Gasteiger partial charge in [0.05, 0.1) is 14.0 Å². The van der Waals surface area contributed by atoms with Crippen molar-refractivity contribution in [3.63, 3.8) is 0 Å². The van der Waals surface area contributed by atoms with Crippen molar-refractivity contribution < 1.29 is 22.5 Å². The molecule has 0 aromatic heterocycles. The SMILES string of the molecule is O=C(Oc1cc(I)c(I)c(I)c1I)c1ccc(S(=O)(=O)[O-])c(C2C3CC4CC(C3)CC2C4)c1. The summed E-state index contributed by atoms with van der Waals surface area (Å²) >= 11 is 8.88. The van der Waals surface area contributed by atoms with E-state index in [1.165, 1.54) is 18.6 Å². The zero-order chi connectivity index (χ0) is 23.7. The molecule has 4 aliphatic carbocycles. The lowest BCUT2D eigenvalue weighted by Crippen LogP contribution is -2.44. The maximum atomic E-state index is 13.1. The first-order chi connectivity index (χ1) is 15.5. The van der Waals surface area contributed by atoms with Crippen molar-refractivity contribution in [3.8, 4) is 5.75 Å². The summed E-state index contributed by atoms with van der Waals surface area (Å²) in [6.07, 6.45) is 5.63. The molecule has 33 heavy (non-hydrogen) atoms. The highest BCUT2D eigenvalue weighted by Gasteiger charge is 2.49. The summed E-state index contributed by atoms with van der Waals surface area (Å²) in [5.74, 6) is 2.16. The van der Waals surface area contributed by atoms with E-state index in [0.717, 1.165) is 51.8 Å². The Morgan fingerprint density at radius 2 is 1.48 bits per heavy atom. The molecule has 176 valence electrons. The van der Waals surface area contributed by atoms with E-state index >= 15 is 0 Å². The Labute approximate surface area is 247 Å². The summed E-state index contributed by atoms with van der Waals surface area (Å²) in [4.78, 5) is 12.9. The third-order valence-electron chi connectivity index (χ3n) is 7.37. The summed E-state index contributed by atoms with van der Waals surface area (Å²) in [5, 5.41) is 0. The highest BCUT2D eigenvalue weighted by atomic mass is 127. The zero-order valence-electron chi connectivity index (χ0n) is 17.2. The van der Waals surface area contributed by atoms with Gasteiger partial charge < -0.3 is 9.29 Å². The molecule has 2 aromatic rings. The van der Waals surface area contributed by atoms with Gasteiger partial charge >= 0.3 is 5.97 Å². The Morgan fingerprint density at radius 3 is 2.06 bits per heavy atom. The van der Waals surface area contributed by atoms with Crippen molar-refractivity contribution in [2.75, 3.05) is 0 Å². The van der Waals surface area contributed by atoms with Crippen LogP contribution in [0, 0.1) is 38.0 Å². The number of carbonyl (C=O) groups excluding carboxylic acids is 1. The van der Waals surface area contributed by atoms with E-state index in [2.05, 4.69) is 90.4 Å². The highest BCUT2D eigenvalue weighted by molar-refractivity contribution is 14.1. The maximum Gasteiger partial charge on any atom is 0.343 e. The first-order valence-corrected chi connectivity index (χ1v) is 16.4. The Bertz CT molecular complexity index is 1230. The molecule has 4 fully saturated rings. The van der Waals surface area contributed by atoms with Gasteiger partial charge in [0.2, 0.25) is 0 Å². The molecule has 4 saturated carbocycles. The Hall–Kier alpha value is 0.740. The first kappa shape index (κ1) is 25.4. The normalized spacial score (nSPS) is 28.2. The molecule has 0 aliphatic heterocycles. The van der Waals surface area contributed by atoms with E-state index in [-0.39, 0.29) is 16.4 Å². The van der Waals surface area contributed by atoms with Crippen molar-refractivity contribution in [3.05, 3.63) is 49.7 Å². The van der Waals surface area contributed by atoms with Crippen LogP contribution in [0.4, 0.5) is 0 Å². The lowest BCUT2D eigenvalue weighted by Gasteiger charge is -2.55. The van der Waals surface area contributed by atoms with E-state index in [1.54, 1.807) is 6.07 Å². The summed E-state index contributed by atoms with van der Waals surface area (Å²) in [7, 11) is -4.65. The molecular weight excluding hydrogens is 896 g/mol. The van der Waals surface area contributed by atoms with Crippen LogP contribution in [-0.2, 0) is 10.1 Å². The Kier molecular flexibility index (Phi) is 7.36. The second kappa shape index (κ2) is 9.56. The van der Waals surface area contributed by atoms with E-state index in [1.807, 2.05) is 6.07 Å². The summed E-state index contributed by atoms with van der Waals surface area (Å²) < 4.78 is 46.1. The van der Waals surface area contributed by atoms with Gasteiger partial charge in [-0.3, -0.25) is 0 Å². The monoisotopic (exact) mass is 915 g/mol. The van der Waals surface area contributed by atoms with Crippen LogP contribution in [-0.4, -0.2) is 18.9 Å². The van der Waals surface area contributed by atoms with Crippen LogP contribution < -0.4 is 4.74 Å². The van der Waals surface area contributed by atoms with Crippen molar-refractivity contribution in [1.29, 1.82) is 0 Å². The van der Waals surface area contributed by atoms with E-state index in [9.17, 15) is 17.8 Å². The van der Waals surface area contributed by atoms with E-state index in [4.69, 9.17) is 4.74 Å². The van der Waals surface area contributed by atoms with Crippen molar-refractivity contribution >= 4 is 106 Å².